The summed E-state index contributed by atoms with van der Waals surface area (Å²) in [6.45, 7) is 1.17. The number of morpholine rings is 1. The van der Waals surface area contributed by atoms with E-state index in [1.54, 1.807) is 7.05 Å². The fourth-order valence-corrected chi connectivity index (χ4v) is 3.52. The lowest BCUT2D eigenvalue weighted by Gasteiger charge is -2.32. The number of halogens is 2. The fraction of sp³-hybridized carbons (Fsp3) is 0.500. The highest BCUT2D eigenvalue weighted by atomic mass is 32.2. The van der Waals surface area contributed by atoms with Gasteiger partial charge in [0.25, 0.3) is 0 Å². The zero-order chi connectivity index (χ0) is 14.8. The summed E-state index contributed by atoms with van der Waals surface area (Å²) in [5.41, 5.74) is 0. The van der Waals surface area contributed by atoms with Crippen molar-refractivity contribution in [2.45, 2.75) is 11.0 Å². The van der Waals surface area contributed by atoms with Crippen LogP contribution in [-0.4, -0.2) is 52.1 Å². The molecule has 1 heterocycles. The van der Waals surface area contributed by atoms with Crippen molar-refractivity contribution in [3.8, 4) is 0 Å². The van der Waals surface area contributed by atoms with Crippen LogP contribution in [0.15, 0.2) is 23.1 Å². The highest BCUT2D eigenvalue weighted by Gasteiger charge is 2.31. The molecule has 0 saturated carbocycles. The molecular formula is C12H16F2N2O3S. The third-order valence-electron chi connectivity index (χ3n) is 3.06. The number of benzene rings is 1. The summed E-state index contributed by atoms with van der Waals surface area (Å²) >= 11 is 0. The van der Waals surface area contributed by atoms with Gasteiger partial charge in [-0.3, -0.25) is 0 Å². The van der Waals surface area contributed by atoms with Gasteiger partial charge in [0, 0.05) is 19.6 Å². The Balaban J connectivity index is 2.23. The van der Waals surface area contributed by atoms with Crippen LogP contribution < -0.4 is 5.32 Å². The largest absolute Gasteiger partial charge is 0.374 e. The van der Waals surface area contributed by atoms with Crippen LogP contribution in [0.4, 0.5) is 8.78 Å². The minimum absolute atomic E-state index is 0.183. The summed E-state index contributed by atoms with van der Waals surface area (Å²) in [6, 6.07) is 2.58. The van der Waals surface area contributed by atoms with Crippen molar-refractivity contribution in [1.82, 2.24) is 9.62 Å². The lowest BCUT2D eigenvalue weighted by molar-refractivity contribution is 0.000819. The van der Waals surface area contributed by atoms with Crippen LogP contribution in [0.3, 0.4) is 0 Å². The van der Waals surface area contributed by atoms with Crippen LogP contribution >= 0.6 is 0 Å². The molecule has 0 aliphatic carbocycles. The SMILES string of the molecule is CNCC1CN(S(=O)(=O)c2ccc(F)c(F)c2)CCO1. The molecule has 0 bridgehead atoms. The average molecular weight is 306 g/mol. The smallest absolute Gasteiger partial charge is 0.243 e. The summed E-state index contributed by atoms with van der Waals surface area (Å²) in [5.74, 6) is -2.25. The molecule has 1 aromatic carbocycles. The van der Waals surface area contributed by atoms with E-state index in [4.69, 9.17) is 4.74 Å². The molecule has 2 rings (SSSR count). The number of rotatable bonds is 4. The summed E-state index contributed by atoms with van der Waals surface area (Å²) in [5, 5.41) is 2.91. The van der Waals surface area contributed by atoms with Crippen LogP contribution in [0.5, 0.6) is 0 Å². The van der Waals surface area contributed by atoms with Crippen molar-refractivity contribution in [2.75, 3.05) is 33.3 Å². The van der Waals surface area contributed by atoms with E-state index in [1.807, 2.05) is 0 Å². The zero-order valence-corrected chi connectivity index (χ0v) is 11.8. The molecule has 112 valence electrons. The van der Waals surface area contributed by atoms with Gasteiger partial charge in [0.2, 0.25) is 10.0 Å². The van der Waals surface area contributed by atoms with E-state index in [9.17, 15) is 17.2 Å². The molecule has 1 unspecified atom stereocenters. The Morgan fingerprint density at radius 2 is 2.15 bits per heavy atom. The van der Waals surface area contributed by atoms with Crippen LogP contribution in [0.1, 0.15) is 0 Å². The molecule has 1 aromatic rings. The van der Waals surface area contributed by atoms with Crippen LogP contribution in [0, 0.1) is 11.6 Å². The number of nitrogens with zero attached hydrogens (tertiary/aromatic N) is 1. The first kappa shape index (κ1) is 15.3. The highest BCUT2D eigenvalue weighted by molar-refractivity contribution is 7.89. The van der Waals surface area contributed by atoms with E-state index in [1.165, 1.54) is 4.31 Å². The van der Waals surface area contributed by atoms with E-state index in [0.717, 1.165) is 12.1 Å². The Bertz CT molecular complexity index is 578. The van der Waals surface area contributed by atoms with Crippen LogP contribution in [-0.2, 0) is 14.8 Å². The predicted octanol–water partition coefficient (Wildman–Crippen LogP) is 0.574. The lowest BCUT2D eigenvalue weighted by Crippen LogP contribution is -2.48. The summed E-state index contributed by atoms with van der Waals surface area (Å²) < 4.78 is 57.4. The van der Waals surface area contributed by atoms with Crippen molar-refractivity contribution in [2.24, 2.45) is 0 Å². The van der Waals surface area contributed by atoms with Gasteiger partial charge < -0.3 is 10.1 Å². The Kier molecular flexibility index (Phi) is 4.69. The van der Waals surface area contributed by atoms with E-state index in [2.05, 4.69) is 5.32 Å². The van der Waals surface area contributed by atoms with Gasteiger partial charge in [-0.15, -0.1) is 0 Å². The molecule has 0 radical (unpaired) electrons. The van der Waals surface area contributed by atoms with Gasteiger partial charge in [-0.1, -0.05) is 0 Å². The Morgan fingerprint density at radius 1 is 1.40 bits per heavy atom. The molecule has 5 nitrogen and oxygen atoms in total. The molecule has 20 heavy (non-hydrogen) atoms. The maximum atomic E-state index is 13.2. The third-order valence-corrected chi connectivity index (χ3v) is 4.92. The zero-order valence-electron chi connectivity index (χ0n) is 11.0. The molecule has 1 fully saturated rings. The minimum Gasteiger partial charge on any atom is -0.374 e. The van der Waals surface area contributed by atoms with Crippen molar-refractivity contribution in [1.29, 1.82) is 0 Å². The second-order valence-corrected chi connectivity index (χ2v) is 6.43. The number of sulfonamides is 1. The van der Waals surface area contributed by atoms with Crippen molar-refractivity contribution in [3.63, 3.8) is 0 Å². The number of ether oxygens (including phenoxy) is 1. The fourth-order valence-electron chi connectivity index (χ4n) is 2.05. The summed E-state index contributed by atoms with van der Waals surface area (Å²) in [4.78, 5) is -0.249. The first-order valence-corrected chi connectivity index (χ1v) is 7.60. The maximum absolute atomic E-state index is 13.2. The quantitative estimate of drug-likeness (QED) is 0.884. The molecule has 1 aliphatic rings. The van der Waals surface area contributed by atoms with Gasteiger partial charge in [-0.2, -0.15) is 4.31 Å². The molecule has 8 heteroatoms. The molecule has 0 amide bonds. The predicted molar refractivity (Wildman–Crippen MR) is 68.8 cm³/mol. The Hall–Kier alpha value is -1.09. The van der Waals surface area contributed by atoms with E-state index in [0.29, 0.717) is 12.6 Å². The molecule has 1 N–H and O–H groups in total. The van der Waals surface area contributed by atoms with Crippen LogP contribution in [0.25, 0.3) is 0 Å². The van der Waals surface area contributed by atoms with Gasteiger partial charge in [0.15, 0.2) is 11.6 Å². The Labute approximate surface area is 116 Å². The molecular weight excluding hydrogens is 290 g/mol. The normalized spacial score (nSPS) is 21.1. The molecule has 0 spiro atoms. The molecule has 1 atom stereocenters. The summed E-state index contributed by atoms with van der Waals surface area (Å²) in [7, 11) is -2.09. The second kappa shape index (κ2) is 6.13. The highest BCUT2D eigenvalue weighted by Crippen LogP contribution is 2.20. The first-order chi connectivity index (χ1) is 9.45. The standard InChI is InChI=1S/C12H16F2N2O3S/c1-15-7-9-8-16(4-5-19-9)20(17,18)10-2-3-11(13)12(14)6-10/h2-3,6,9,15H,4-5,7-8H2,1H3. The Morgan fingerprint density at radius 3 is 2.80 bits per heavy atom. The van der Waals surface area contributed by atoms with Crippen molar-refractivity contribution >= 4 is 10.0 Å². The number of hydrogen-bond acceptors (Lipinski definition) is 4. The molecule has 0 aromatic heterocycles. The average Bonchev–Trinajstić information content (AvgIpc) is 2.42. The maximum Gasteiger partial charge on any atom is 0.243 e. The first-order valence-electron chi connectivity index (χ1n) is 6.16. The van der Waals surface area contributed by atoms with E-state index >= 15 is 0 Å². The second-order valence-electron chi connectivity index (χ2n) is 4.49. The third kappa shape index (κ3) is 3.14. The summed E-state index contributed by atoms with van der Waals surface area (Å²) in [6.07, 6.45) is -0.256. The van der Waals surface area contributed by atoms with Gasteiger partial charge >= 0.3 is 0 Å². The number of hydrogen-bond donors (Lipinski definition) is 1. The van der Waals surface area contributed by atoms with E-state index in [-0.39, 0.29) is 30.7 Å². The molecule has 1 aliphatic heterocycles. The van der Waals surface area contributed by atoms with Gasteiger partial charge in [-0.25, -0.2) is 17.2 Å². The topological polar surface area (TPSA) is 58.6 Å². The van der Waals surface area contributed by atoms with E-state index < -0.39 is 21.7 Å². The number of likely N-dealkylation sites (N-methyl/N-ethyl adjacent to an activating group) is 1. The van der Waals surface area contributed by atoms with Crippen molar-refractivity contribution < 1.29 is 21.9 Å². The monoisotopic (exact) mass is 306 g/mol. The van der Waals surface area contributed by atoms with Gasteiger partial charge in [0.05, 0.1) is 17.6 Å². The number of nitrogens with one attached hydrogen (secondary N) is 1. The minimum atomic E-state index is -3.83. The lowest BCUT2D eigenvalue weighted by atomic mass is 10.3. The van der Waals surface area contributed by atoms with Gasteiger partial charge in [0.1, 0.15) is 0 Å². The molecule has 1 saturated heterocycles. The van der Waals surface area contributed by atoms with Crippen molar-refractivity contribution in [3.05, 3.63) is 29.8 Å². The van der Waals surface area contributed by atoms with Crippen LogP contribution in [0.2, 0.25) is 0 Å². The van der Waals surface area contributed by atoms with Gasteiger partial charge in [-0.05, 0) is 25.2 Å².